The van der Waals surface area contributed by atoms with Crippen molar-refractivity contribution < 1.29 is 14.3 Å². The molecule has 26 heavy (non-hydrogen) atoms. The highest BCUT2D eigenvalue weighted by Crippen LogP contribution is 2.22. The Labute approximate surface area is 154 Å². The number of para-hydroxylation sites is 1. The minimum atomic E-state index is -0.0577. The van der Waals surface area contributed by atoms with E-state index in [1.165, 1.54) is 0 Å². The topological polar surface area (TPSA) is 49.9 Å². The molecule has 1 fully saturated rings. The molecule has 0 N–H and O–H groups in total. The van der Waals surface area contributed by atoms with E-state index in [1.807, 2.05) is 43.3 Å². The van der Waals surface area contributed by atoms with Crippen LogP contribution < -0.4 is 9.64 Å². The maximum Gasteiger partial charge on any atom is 0.253 e. The Bertz CT molecular complexity index is 786. The maximum atomic E-state index is 12.5. The number of benzene rings is 2. The van der Waals surface area contributed by atoms with Crippen LogP contribution in [0.4, 0.5) is 5.69 Å². The second-order valence-corrected chi connectivity index (χ2v) is 6.54. The van der Waals surface area contributed by atoms with E-state index in [0.717, 1.165) is 30.0 Å². The normalized spacial score (nSPS) is 13.8. The van der Waals surface area contributed by atoms with Gasteiger partial charge in [-0.3, -0.25) is 9.59 Å². The smallest absolute Gasteiger partial charge is 0.253 e. The fourth-order valence-electron chi connectivity index (χ4n) is 3.04. The van der Waals surface area contributed by atoms with Crippen molar-refractivity contribution >= 4 is 17.5 Å². The Morgan fingerprint density at radius 1 is 1.15 bits per heavy atom. The number of anilines is 1. The summed E-state index contributed by atoms with van der Waals surface area (Å²) in [6.45, 7) is 3.69. The number of ether oxygens (including phenoxy) is 1. The summed E-state index contributed by atoms with van der Waals surface area (Å²) >= 11 is 0. The van der Waals surface area contributed by atoms with Crippen LogP contribution >= 0.6 is 0 Å². The Kier molecular flexibility index (Phi) is 5.56. The molecule has 136 valence electrons. The lowest BCUT2D eigenvalue weighted by molar-refractivity contribution is -0.117. The Morgan fingerprint density at radius 3 is 2.54 bits per heavy atom. The van der Waals surface area contributed by atoms with Gasteiger partial charge in [0.25, 0.3) is 5.91 Å². The van der Waals surface area contributed by atoms with Gasteiger partial charge in [-0.1, -0.05) is 18.2 Å². The van der Waals surface area contributed by atoms with Crippen LogP contribution in [0.25, 0.3) is 0 Å². The molecule has 0 unspecified atom stereocenters. The molecule has 1 aliphatic heterocycles. The SMILES string of the molecule is Cc1ccccc1OCCN(C)C(=O)c1ccc(N2CCCC2=O)cc1. The van der Waals surface area contributed by atoms with E-state index in [-0.39, 0.29) is 11.8 Å². The first-order chi connectivity index (χ1) is 12.6. The predicted molar refractivity (Wildman–Crippen MR) is 102 cm³/mol. The molecule has 0 aromatic heterocycles. The Morgan fingerprint density at radius 2 is 1.88 bits per heavy atom. The highest BCUT2D eigenvalue weighted by atomic mass is 16.5. The van der Waals surface area contributed by atoms with Crippen LogP contribution in [0.3, 0.4) is 0 Å². The zero-order chi connectivity index (χ0) is 18.5. The van der Waals surface area contributed by atoms with Gasteiger partial charge in [0.2, 0.25) is 5.91 Å². The quantitative estimate of drug-likeness (QED) is 0.802. The number of carbonyl (C=O) groups excluding carboxylic acids is 2. The summed E-state index contributed by atoms with van der Waals surface area (Å²) in [7, 11) is 1.77. The van der Waals surface area contributed by atoms with Crippen LogP contribution in [0, 0.1) is 6.92 Å². The number of carbonyl (C=O) groups is 2. The van der Waals surface area contributed by atoms with Gasteiger partial charge in [0, 0.05) is 31.3 Å². The van der Waals surface area contributed by atoms with E-state index >= 15 is 0 Å². The molecule has 2 aromatic rings. The van der Waals surface area contributed by atoms with Gasteiger partial charge >= 0.3 is 0 Å². The van der Waals surface area contributed by atoms with Gasteiger partial charge < -0.3 is 14.5 Å². The first-order valence-electron chi connectivity index (χ1n) is 8.90. The number of aryl methyl sites for hydroxylation is 1. The van der Waals surface area contributed by atoms with Crippen molar-refractivity contribution in [1.82, 2.24) is 4.90 Å². The standard InChI is InChI=1S/C21H24N2O3/c1-16-6-3-4-7-19(16)26-15-14-22(2)21(25)17-9-11-18(12-10-17)23-13-5-8-20(23)24/h3-4,6-7,9-12H,5,8,13-15H2,1-2H3. The molecule has 1 aliphatic rings. The summed E-state index contributed by atoms with van der Waals surface area (Å²) < 4.78 is 5.75. The minimum absolute atomic E-state index is 0.0577. The van der Waals surface area contributed by atoms with Crippen molar-refractivity contribution in [3.63, 3.8) is 0 Å². The van der Waals surface area contributed by atoms with E-state index in [0.29, 0.717) is 25.1 Å². The van der Waals surface area contributed by atoms with Gasteiger partial charge in [-0.15, -0.1) is 0 Å². The third-order valence-electron chi connectivity index (χ3n) is 4.62. The molecular weight excluding hydrogens is 328 g/mol. The van der Waals surface area contributed by atoms with Crippen molar-refractivity contribution in [2.45, 2.75) is 19.8 Å². The fourth-order valence-corrected chi connectivity index (χ4v) is 3.04. The first-order valence-corrected chi connectivity index (χ1v) is 8.90. The van der Waals surface area contributed by atoms with Gasteiger partial charge in [-0.2, -0.15) is 0 Å². The number of likely N-dealkylation sites (N-methyl/N-ethyl adjacent to an activating group) is 1. The summed E-state index contributed by atoms with van der Waals surface area (Å²) in [5.74, 6) is 0.931. The lowest BCUT2D eigenvalue weighted by Gasteiger charge is -2.19. The molecule has 0 bridgehead atoms. The van der Waals surface area contributed by atoms with E-state index in [1.54, 1.807) is 29.0 Å². The number of hydrogen-bond acceptors (Lipinski definition) is 3. The van der Waals surface area contributed by atoms with Crippen LogP contribution in [-0.2, 0) is 4.79 Å². The molecule has 5 heteroatoms. The second-order valence-electron chi connectivity index (χ2n) is 6.54. The second kappa shape index (κ2) is 8.04. The lowest BCUT2D eigenvalue weighted by atomic mass is 10.1. The van der Waals surface area contributed by atoms with Crippen molar-refractivity contribution in [2.24, 2.45) is 0 Å². The number of rotatable bonds is 6. The van der Waals surface area contributed by atoms with E-state index < -0.39 is 0 Å². The molecule has 0 spiro atoms. The zero-order valence-electron chi connectivity index (χ0n) is 15.3. The molecule has 0 aliphatic carbocycles. The number of hydrogen-bond donors (Lipinski definition) is 0. The van der Waals surface area contributed by atoms with Crippen LogP contribution in [0.15, 0.2) is 48.5 Å². The molecule has 2 amide bonds. The van der Waals surface area contributed by atoms with E-state index in [4.69, 9.17) is 4.74 Å². The Hall–Kier alpha value is -2.82. The summed E-state index contributed by atoms with van der Waals surface area (Å²) in [5, 5.41) is 0. The molecule has 3 rings (SSSR count). The summed E-state index contributed by atoms with van der Waals surface area (Å²) in [5.41, 5.74) is 2.54. The van der Waals surface area contributed by atoms with E-state index in [9.17, 15) is 9.59 Å². The molecule has 2 aromatic carbocycles. The van der Waals surface area contributed by atoms with Crippen LogP contribution in [-0.4, -0.2) is 43.5 Å². The fraction of sp³-hybridized carbons (Fsp3) is 0.333. The van der Waals surface area contributed by atoms with Crippen LogP contribution in [0.2, 0.25) is 0 Å². The van der Waals surface area contributed by atoms with E-state index in [2.05, 4.69) is 0 Å². The monoisotopic (exact) mass is 352 g/mol. The van der Waals surface area contributed by atoms with Crippen molar-refractivity contribution in [2.75, 3.05) is 31.6 Å². The van der Waals surface area contributed by atoms with Gasteiger partial charge in [0.1, 0.15) is 12.4 Å². The third kappa shape index (κ3) is 4.04. The summed E-state index contributed by atoms with van der Waals surface area (Å²) in [4.78, 5) is 27.8. The molecule has 1 heterocycles. The average Bonchev–Trinajstić information content (AvgIpc) is 3.08. The van der Waals surface area contributed by atoms with Gasteiger partial charge in [0.15, 0.2) is 0 Å². The minimum Gasteiger partial charge on any atom is -0.491 e. The predicted octanol–water partition coefficient (Wildman–Crippen LogP) is 3.27. The molecule has 0 radical (unpaired) electrons. The van der Waals surface area contributed by atoms with Gasteiger partial charge in [-0.25, -0.2) is 0 Å². The number of amides is 2. The van der Waals surface area contributed by atoms with Crippen LogP contribution in [0.1, 0.15) is 28.8 Å². The van der Waals surface area contributed by atoms with Crippen molar-refractivity contribution in [3.8, 4) is 5.75 Å². The molecule has 1 saturated heterocycles. The third-order valence-corrected chi connectivity index (χ3v) is 4.62. The molecule has 5 nitrogen and oxygen atoms in total. The van der Waals surface area contributed by atoms with Crippen molar-refractivity contribution in [3.05, 3.63) is 59.7 Å². The zero-order valence-corrected chi connectivity index (χ0v) is 15.3. The molecular formula is C21H24N2O3. The first kappa shape index (κ1) is 18.0. The largest absolute Gasteiger partial charge is 0.491 e. The summed E-state index contributed by atoms with van der Waals surface area (Å²) in [6, 6.07) is 15.1. The maximum absolute atomic E-state index is 12.5. The van der Waals surface area contributed by atoms with Gasteiger partial charge in [0.05, 0.1) is 6.54 Å². The molecule has 0 atom stereocenters. The lowest BCUT2D eigenvalue weighted by Crippen LogP contribution is -2.31. The highest BCUT2D eigenvalue weighted by molar-refractivity contribution is 5.97. The molecule has 0 saturated carbocycles. The van der Waals surface area contributed by atoms with Gasteiger partial charge in [-0.05, 0) is 49.2 Å². The van der Waals surface area contributed by atoms with Crippen LogP contribution in [0.5, 0.6) is 5.75 Å². The number of nitrogens with zero attached hydrogens (tertiary/aromatic N) is 2. The van der Waals surface area contributed by atoms with Crippen molar-refractivity contribution in [1.29, 1.82) is 0 Å². The highest BCUT2D eigenvalue weighted by Gasteiger charge is 2.22. The summed E-state index contributed by atoms with van der Waals surface area (Å²) in [6.07, 6.45) is 1.49. The average molecular weight is 352 g/mol. The Balaban J connectivity index is 1.54.